The van der Waals surface area contributed by atoms with Crippen molar-refractivity contribution >= 4 is 17.6 Å². The molecule has 0 spiro atoms. The molecule has 2 atom stereocenters. The number of anilines is 1. The predicted octanol–water partition coefficient (Wildman–Crippen LogP) is 1.82. The maximum absolute atomic E-state index is 11.9. The van der Waals surface area contributed by atoms with Gasteiger partial charge < -0.3 is 10.0 Å². The highest BCUT2D eigenvalue weighted by Gasteiger charge is 2.42. The lowest BCUT2D eigenvalue weighted by Gasteiger charge is -2.25. The number of amides is 1. The van der Waals surface area contributed by atoms with Crippen LogP contribution in [0.25, 0.3) is 0 Å². The number of carboxylic acids is 1. The second kappa shape index (κ2) is 4.20. The molecule has 1 aliphatic heterocycles. The van der Waals surface area contributed by atoms with Crippen LogP contribution in [0.5, 0.6) is 0 Å². The number of carbonyl (C=O) groups is 2. The molecule has 17 heavy (non-hydrogen) atoms. The van der Waals surface area contributed by atoms with Crippen LogP contribution in [-0.4, -0.2) is 23.0 Å². The topological polar surface area (TPSA) is 57.6 Å². The van der Waals surface area contributed by atoms with Crippen molar-refractivity contribution in [3.05, 3.63) is 29.8 Å². The fourth-order valence-corrected chi connectivity index (χ4v) is 2.35. The number of carbonyl (C=O) groups excluding carboxylic acids is 1. The number of benzene rings is 1. The molecule has 0 aromatic heterocycles. The Morgan fingerprint density at radius 3 is 2.59 bits per heavy atom. The Morgan fingerprint density at radius 2 is 2.06 bits per heavy atom. The minimum Gasteiger partial charge on any atom is -0.481 e. The number of nitrogens with zero attached hydrogens (tertiary/aromatic N) is 1. The van der Waals surface area contributed by atoms with Crippen LogP contribution in [0.3, 0.4) is 0 Å². The van der Waals surface area contributed by atoms with E-state index in [9.17, 15) is 9.59 Å². The van der Waals surface area contributed by atoms with Crippen LogP contribution in [0, 0.1) is 12.8 Å². The Bertz CT molecular complexity index is 469. The summed E-state index contributed by atoms with van der Waals surface area (Å²) in [7, 11) is 0. The highest BCUT2D eigenvalue weighted by atomic mass is 16.4. The molecular weight excluding hydrogens is 218 g/mol. The minimum atomic E-state index is -0.901. The van der Waals surface area contributed by atoms with Gasteiger partial charge in [-0.2, -0.15) is 0 Å². The Hall–Kier alpha value is -1.84. The van der Waals surface area contributed by atoms with Crippen molar-refractivity contribution in [1.29, 1.82) is 0 Å². The van der Waals surface area contributed by atoms with Crippen LogP contribution in [0.15, 0.2) is 24.3 Å². The number of hydrogen-bond donors (Lipinski definition) is 1. The van der Waals surface area contributed by atoms with Crippen molar-refractivity contribution in [2.75, 3.05) is 4.90 Å². The van der Waals surface area contributed by atoms with Gasteiger partial charge in [0.2, 0.25) is 5.91 Å². The van der Waals surface area contributed by atoms with Crippen molar-refractivity contribution < 1.29 is 14.7 Å². The maximum atomic E-state index is 11.9. The normalized spacial score (nSPS) is 24.1. The molecule has 1 N–H and O–H groups in total. The largest absolute Gasteiger partial charge is 0.481 e. The molecule has 0 saturated carbocycles. The molecule has 90 valence electrons. The zero-order chi connectivity index (χ0) is 12.6. The van der Waals surface area contributed by atoms with E-state index in [0.717, 1.165) is 11.3 Å². The van der Waals surface area contributed by atoms with Crippen LogP contribution in [0.2, 0.25) is 0 Å². The number of aryl methyl sites for hydroxylation is 1. The summed E-state index contributed by atoms with van der Waals surface area (Å²) in [5.74, 6) is -1.62. The Labute approximate surface area is 99.9 Å². The van der Waals surface area contributed by atoms with Gasteiger partial charge >= 0.3 is 5.97 Å². The highest BCUT2D eigenvalue weighted by Crippen LogP contribution is 2.32. The fraction of sp³-hybridized carbons (Fsp3) is 0.385. The van der Waals surface area contributed by atoms with Gasteiger partial charge in [0, 0.05) is 18.2 Å². The molecule has 1 heterocycles. The van der Waals surface area contributed by atoms with E-state index in [0.29, 0.717) is 0 Å². The van der Waals surface area contributed by atoms with Gasteiger partial charge in [0.1, 0.15) is 0 Å². The molecule has 0 aliphatic carbocycles. The van der Waals surface area contributed by atoms with E-state index in [2.05, 4.69) is 0 Å². The highest BCUT2D eigenvalue weighted by molar-refractivity contribution is 6.00. The van der Waals surface area contributed by atoms with Gasteiger partial charge in [-0.25, -0.2) is 0 Å². The lowest BCUT2D eigenvalue weighted by molar-refractivity contribution is -0.142. The molecule has 4 heteroatoms. The molecule has 1 amide bonds. The van der Waals surface area contributed by atoms with Gasteiger partial charge in [-0.3, -0.25) is 9.59 Å². The summed E-state index contributed by atoms with van der Waals surface area (Å²) < 4.78 is 0. The molecular formula is C13H15NO3. The van der Waals surface area contributed by atoms with Crippen molar-refractivity contribution in [2.24, 2.45) is 5.92 Å². The Kier molecular flexibility index (Phi) is 2.88. The van der Waals surface area contributed by atoms with E-state index in [1.54, 1.807) is 11.8 Å². The lowest BCUT2D eigenvalue weighted by Crippen LogP contribution is -2.35. The zero-order valence-corrected chi connectivity index (χ0v) is 9.88. The summed E-state index contributed by atoms with van der Waals surface area (Å²) in [6.45, 7) is 3.71. The third-order valence-electron chi connectivity index (χ3n) is 3.34. The predicted molar refractivity (Wildman–Crippen MR) is 63.9 cm³/mol. The molecule has 4 nitrogen and oxygen atoms in total. The van der Waals surface area contributed by atoms with Crippen molar-refractivity contribution in [3.8, 4) is 0 Å². The maximum Gasteiger partial charge on any atom is 0.309 e. The molecule has 1 fully saturated rings. The van der Waals surface area contributed by atoms with Gasteiger partial charge in [0.15, 0.2) is 0 Å². The smallest absolute Gasteiger partial charge is 0.309 e. The van der Waals surface area contributed by atoms with Crippen molar-refractivity contribution in [1.82, 2.24) is 0 Å². The first-order valence-corrected chi connectivity index (χ1v) is 5.63. The molecule has 1 saturated heterocycles. The summed E-state index contributed by atoms with van der Waals surface area (Å²) >= 11 is 0. The Balaban J connectivity index is 2.37. The first-order valence-electron chi connectivity index (χ1n) is 5.63. The average Bonchev–Trinajstić information content (AvgIpc) is 2.56. The first kappa shape index (κ1) is 11.6. The van der Waals surface area contributed by atoms with E-state index in [-0.39, 0.29) is 18.4 Å². The molecule has 1 aromatic rings. The molecule has 1 aliphatic rings. The third-order valence-corrected chi connectivity index (χ3v) is 3.34. The monoisotopic (exact) mass is 233 g/mol. The van der Waals surface area contributed by atoms with Gasteiger partial charge in [-0.05, 0) is 25.5 Å². The van der Waals surface area contributed by atoms with Crippen LogP contribution in [-0.2, 0) is 9.59 Å². The van der Waals surface area contributed by atoms with Gasteiger partial charge in [-0.15, -0.1) is 0 Å². The second-order valence-electron chi connectivity index (χ2n) is 4.44. The van der Waals surface area contributed by atoms with E-state index >= 15 is 0 Å². The minimum absolute atomic E-state index is 0.0881. The number of rotatable bonds is 2. The standard InChI is InChI=1S/C13H15NO3/c1-8-5-3-4-6-11(8)14-9(2)10(13(16)17)7-12(14)15/h3-6,9-10H,7H2,1-2H3,(H,16,17)/t9-,10+/m1/s1. The quantitative estimate of drug-likeness (QED) is 0.847. The van der Waals surface area contributed by atoms with Crippen molar-refractivity contribution in [3.63, 3.8) is 0 Å². The van der Waals surface area contributed by atoms with Gasteiger partial charge in [-0.1, -0.05) is 18.2 Å². The van der Waals surface area contributed by atoms with Crippen LogP contribution in [0.4, 0.5) is 5.69 Å². The van der Waals surface area contributed by atoms with E-state index in [1.807, 2.05) is 31.2 Å². The first-order chi connectivity index (χ1) is 8.02. The van der Waals surface area contributed by atoms with E-state index in [4.69, 9.17) is 5.11 Å². The fourth-order valence-electron chi connectivity index (χ4n) is 2.35. The van der Waals surface area contributed by atoms with Gasteiger partial charge in [0.05, 0.1) is 5.92 Å². The van der Waals surface area contributed by atoms with Crippen LogP contribution < -0.4 is 4.90 Å². The summed E-state index contributed by atoms with van der Waals surface area (Å²) in [4.78, 5) is 24.6. The molecule has 1 aromatic carbocycles. The van der Waals surface area contributed by atoms with E-state index in [1.165, 1.54) is 0 Å². The number of carboxylic acid groups (broad SMARTS) is 1. The summed E-state index contributed by atoms with van der Waals surface area (Å²) in [6, 6.07) is 7.24. The number of para-hydroxylation sites is 1. The third kappa shape index (κ3) is 1.90. The van der Waals surface area contributed by atoms with E-state index < -0.39 is 11.9 Å². The summed E-state index contributed by atoms with van der Waals surface area (Å²) in [5.41, 5.74) is 1.80. The average molecular weight is 233 g/mol. The molecule has 0 bridgehead atoms. The SMILES string of the molecule is Cc1ccccc1N1C(=O)C[C@H](C(=O)O)[C@H]1C. The van der Waals surface area contributed by atoms with Crippen LogP contribution in [0.1, 0.15) is 18.9 Å². The summed E-state index contributed by atoms with van der Waals surface area (Å²) in [5, 5.41) is 9.06. The van der Waals surface area contributed by atoms with Gasteiger partial charge in [0.25, 0.3) is 0 Å². The van der Waals surface area contributed by atoms with Crippen molar-refractivity contribution in [2.45, 2.75) is 26.3 Å². The number of hydrogen-bond acceptors (Lipinski definition) is 2. The number of aliphatic carboxylic acids is 1. The summed E-state index contributed by atoms with van der Waals surface area (Å²) in [6.07, 6.45) is 0.0881. The lowest BCUT2D eigenvalue weighted by atomic mass is 10.0. The van der Waals surface area contributed by atoms with Crippen LogP contribution >= 0.6 is 0 Å². The molecule has 0 radical (unpaired) electrons. The zero-order valence-electron chi connectivity index (χ0n) is 9.88. The second-order valence-corrected chi connectivity index (χ2v) is 4.44. The molecule has 2 rings (SSSR count). The molecule has 0 unspecified atom stereocenters. The Morgan fingerprint density at radius 1 is 1.41 bits per heavy atom.